The first-order valence-corrected chi connectivity index (χ1v) is 9.42. The number of rotatable bonds is 6. The Hall–Kier alpha value is -2.38. The monoisotopic (exact) mass is 390 g/mol. The quantitative estimate of drug-likeness (QED) is 0.791. The molecule has 2 N–H and O–H groups in total. The topological polar surface area (TPSA) is 89.5 Å². The highest BCUT2D eigenvalue weighted by molar-refractivity contribution is 6.30. The average Bonchev–Trinajstić information content (AvgIpc) is 3.16. The maximum absolute atomic E-state index is 12.7. The van der Waals surface area contributed by atoms with E-state index in [4.69, 9.17) is 16.7 Å². The molecule has 27 heavy (non-hydrogen) atoms. The van der Waals surface area contributed by atoms with E-state index in [9.17, 15) is 9.59 Å². The zero-order valence-electron chi connectivity index (χ0n) is 15.2. The number of aromatic nitrogens is 2. The first kappa shape index (κ1) is 19.4. The van der Waals surface area contributed by atoms with E-state index >= 15 is 0 Å². The highest BCUT2D eigenvalue weighted by Gasteiger charge is 2.28. The van der Waals surface area contributed by atoms with E-state index in [-0.39, 0.29) is 18.5 Å². The van der Waals surface area contributed by atoms with Crippen molar-refractivity contribution in [1.82, 2.24) is 20.0 Å². The minimum Gasteiger partial charge on any atom is -0.480 e. The maximum Gasteiger partial charge on any atom is 0.317 e. The van der Waals surface area contributed by atoms with Gasteiger partial charge in [-0.2, -0.15) is 5.10 Å². The molecular weight excluding hydrogens is 368 g/mol. The minimum atomic E-state index is -0.817. The molecule has 7 nitrogen and oxygen atoms in total. The van der Waals surface area contributed by atoms with Crippen LogP contribution in [0.4, 0.5) is 0 Å². The van der Waals surface area contributed by atoms with Crippen LogP contribution in [0.15, 0.2) is 30.3 Å². The molecule has 1 aromatic carbocycles. The van der Waals surface area contributed by atoms with Gasteiger partial charge in [0.2, 0.25) is 0 Å². The summed E-state index contributed by atoms with van der Waals surface area (Å²) in [6.07, 6.45) is 1.54. The fourth-order valence-corrected chi connectivity index (χ4v) is 3.60. The number of nitrogens with one attached hydrogen (secondary N) is 1. The van der Waals surface area contributed by atoms with Gasteiger partial charge in [0.05, 0.1) is 12.2 Å². The van der Waals surface area contributed by atoms with Gasteiger partial charge in [0.15, 0.2) is 0 Å². The van der Waals surface area contributed by atoms with Crippen LogP contribution >= 0.6 is 11.6 Å². The number of likely N-dealkylation sites (tertiary alicyclic amines) is 1. The Morgan fingerprint density at radius 3 is 2.56 bits per heavy atom. The third kappa shape index (κ3) is 4.67. The first-order chi connectivity index (χ1) is 13.0. The third-order valence-corrected chi connectivity index (χ3v) is 5.21. The summed E-state index contributed by atoms with van der Waals surface area (Å²) >= 11 is 5.90. The van der Waals surface area contributed by atoms with Crippen molar-refractivity contribution in [2.75, 3.05) is 26.2 Å². The second kappa shape index (κ2) is 8.54. The number of likely N-dealkylation sites (N-methyl/N-ethyl adjacent to an activating group) is 1. The molecule has 2 heterocycles. The predicted molar refractivity (Wildman–Crippen MR) is 103 cm³/mol. The van der Waals surface area contributed by atoms with Crippen LogP contribution < -0.4 is 0 Å². The number of carboxylic acid groups (broad SMARTS) is 1. The number of nitrogens with zero attached hydrogens (tertiary/aromatic N) is 3. The van der Waals surface area contributed by atoms with Crippen molar-refractivity contribution < 1.29 is 14.7 Å². The molecule has 0 saturated carbocycles. The van der Waals surface area contributed by atoms with Gasteiger partial charge in [0.25, 0.3) is 5.91 Å². The summed E-state index contributed by atoms with van der Waals surface area (Å²) in [5.74, 6) is -0.898. The van der Waals surface area contributed by atoms with Gasteiger partial charge in [-0.1, -0.05) is 30.7 Å². The lowest BCUT2D eigenvalue weighted by molar-refractivity contribution is -0.139. The molecular formula is C19H23ClN4O3. The Bertz CT molecular complexity index is 798. The molecule has 8 heteroatoms. The minimum absolute atomic E-state index is 0.0418. The van der Waals surface area contributed by atoms with Gasteiger partial charge in [0, 0.05) is 29.7 Å². The average molecular weight is 391 g/mol. The Labute approximate surface area is 162 Å². The Morgan fingerprint density at radius 2 is 1.96 bits per heavy atom. The van der Waals surface area contributed by atoms with Crippen molar-refractivity contribution in [1.29, 1.82) is 0 Å². The van der Waals surface area contributed by atoms with Gasteiger partial charge in [0.1, 0.15) is 5.69 Å². The van der Waals surface area contributed by atoms with Crippen LogP contribution in [0.25, 0.3) is 11.3 Å². The van der Waals surface area contributed by atoms with Gasteiger partial charge in [-0.05, 0) is 37.6 Å². The second-order valence-electron chi connectivity index (χ2n) is 6.65. The molecule has 1 saturated heterocycles. The molecule has 1 aliphatic heterocycles. The van der Waals surface area contributed by atoms with Gasteiger partial charge >= 0.3 is 5.97 Å². The SMILES string of the molecule is CCN(CC(=O)O)C1CCN(C(=O)c2cc(-c3ccc(Cl)cc3)n[nH]2)CC1. The van der Waals surface area contributed by atoms with Crippen LogP contribution in [0.3, 0.4) is 0 Å². The number of aromatic amines is 1. The fourth-order valence-electron chi connectivity index (χ4n) is 3.48. The molecule has 0 aliphatic carbocycles. The third-order valence-electron chi connectivity index (χ3n) is 4.96. The van der Waals surface area contributed by atoms with Gasteiger partial charge in [-0.3, -0.25) is 19.6 Å². The van der Waals surface area contributed by atoms with E-state index < -0.39 is 5.97 Å². The summed E-state index contributed by atoms with van der Waals surface area (Å²) in [6.45, 7) is 3.91. The van der Waals surface area contributed by atoms with Crippen LogP contribution in [-0.4, -0.2) is 69.2 Å². The van der Waals surface area contributed by atoms with Crippen molar-refractivity contribution >= 4 is 23.5 Å². The number of carboxylic acids is 1. The number of hydrogen-bond donors (Lipinski definition) is 2. The van der Waals surface area contributed by atoms with E-state index in [1.54, 1.807) is 23.1 Å². The van der Waals surface area contributed by atoms with E-state index in [2.05, 4.69) is 10.2 Å². The zero-order chi connectivity index (χ0) is 19.4. The number of benzene rings is 1. The molecule has 0 spiro atoms. The molecule has 0 unspecified atom stereocenters. The smallest absolute Gasteiger partial charge is 0.317 e. The second-order valence-corrected chi connectivity index (χ2v) is 7.09. The first-order valence-electron chi connectivity index (χ1n) is 9.04. The normalized spacial score (nSPS) is 15.3. The molecule has 0 atom stereocenters. The van der Waals surface area contributed by atoms with E-state index in [1.807, 2.05) is 24.0 Å². The number of piperidine rings is 1. The summed E-state index contributed by atoms with van der Waals surface area (Å²) < 4.78 is 0. The van der Waals surface area contributed by atoms with Gasteiger partial charge in [-0.15, -0.1) is 0 Å². The zero-order valence-corrected chi connectivity index (χ0v) is 15.9. The molecule has 144 valence electrons. The Morgan fingerprint density at radius 1 is 1.30 bits per heavy atom. The summed E-state index contributed by atoms with van der Waals surface area (Å²) in [5.41, 5.74) is 2.04. The van der Waals surface area contributed by atoms with Crippen molar-refractivity contribution in [2.24, 2.45) is 0 Å². The van der Waals surface area contributed by atoms with E-state index in [1.165, 1.54) is 0 Å². The van der Waals surface area contributed by atoms with Crippen LogP contribution in [0, 0.1) is 0 Å². The largest absolute Gasteiger partial charge is 0.480 e. The van der Waals surface area contributed by atoms with Crippen molar-refractivity contribution in [3.63, 3.8) is 0 Å². The summed E-state index contributed by atoms with van der Waals surface area (Å²) in [6, 6.07) is 9.24. The molecule has 0 bridgehead atoms. The highest BCUT2D eigenvalue weighted by Crippen LogP contribution is 2.22. The summed E-state index contributed by atoms with van der Waals surface area (Å²) in [5, 5.41) is 16.7. The fraction of sp³-hybridized carbons (Fsp3) is 0.421. The molecule has 1 aromatic heterocycles. The Balaban J connectivity index is 1.61. The number of H-pyrrole nitrogens is 1. The van der Waals surface area contributed by atoms with Crippen molar-refractivity contribution in [3.8, 4) is 11.3 Å². The standard InChI is InChI=1S/C19H23ClN4O3/c1-2-23(12-18(25)26)15-7-9-24(10-8-15)19(27)17-11-16(21-22-17)13-3-5-14(20)6-4-13/h3-6,11,15H,2,7-10,12H2,1H3,(H,21,22)(H,25,26). The highest BCUT2D eigenvalue weighted by atomic mass is 35.5. The summed E-state index contributed by atoms with van der Waals surface area (Å²) in [7, 11) is 0. The summed E-state index contributed by atoms with van der Waals surface area (Å²) in [4.78, 5) is 27.5. The van der Waals surface area contributed by atoms with Crippen molar-refractivity contribution in [2.45, 2.75) is 25.8 Å². The van der Waals surface area contributed by atoms with Crippen LogP contribution in [0.1, 0.15) is 30.3 Å². The number of amides is 1. The molecule has 2 aromatic rings. The lowest BCUT2D eigenvalue weighted by atomic mass is 10.0. The lowest BCUT2D eigenvalue weighted by Crippen LogP contribution is -2.48. The van der Waals surface area contributed by atoms with E-state index in [0.29, 0.717) is 36.0 Å². The molecule has 1 fully saturated rings. The number of carbonyl (C=O) groups excluding carboxylic acids is 1. The number of hydrogen-bond acceptors (Lipinski definition) is 4. The molecule has 0 radical (unpaired) electrons. The number of halogens is 1. The van der Waals surface area contributed by atoms with E-state index in [0.717, 1.165) is 18.4 Å². The lowest BCUT2D eigenvalue weighted by Gasteiger charge is -2.37. The van der Waals surface area contributed by atoms with Crippen LogP contribution in [0.2, 0.25) is 5.02 Å². The predicted octanol–water partition coefficient (Wildman–Crippen LogP) is 2.74. The number of carbonyl (C=O) groups is 2. The van der Waals surface area contributed by atoms with Gasteiger partial charge in [-0.25, -0.2) is 0 Å². The van der Waals surface area contributed by atoms with Gasteiger partial charge < -0.3 is 10.0 Å². The molecule has 1 aliphatic rings. The molecule has 1 amide bonds. The Kier molecular flexibility index (Phi) is 6.13. The van der Waals surface area contributed by atoms with Crippen LogP contribution in [-0.2, 0) is 4.79 Å². The number of aliphatic carboxylic acids is 1. The molecule has 3 rings (SSSR count). The van der Waals surface area contributed by atoms with Crippen LogP contribution in [0.5, 0.6) is 0 Å². The van der Waals surface area contributed by atoms with Crippen molar-refractivity contribution in [3.05, 3.63) is 41.0 Å². The maximum atomic E-state index is 12.7.